The maximum absolute atomic E-state index is 11.7. The Kier molecular flexibility index (Phi) is 6.21. The number of ether oxygens (including phenoxy) is 1. The molecule has 1 N–H and O–H groups in total. The first-order valence-electron chi connectivity index (χ1n) is 5.77. The Labute approximate surface area is 109 Å². The van der Waals surface area contributed by atoms with Crippen LogP contribution in [0, 0.1) is 0 Å². The molecule has 0 unspecified atom stereocenters. The third-order valence-electron chi connectivity index (χ3n) is 2.27. The zero-order valence-corrected chi connectivity index (χ0v) is 11.8. The van der Waals surface area contributed by atoms with Crippen LogP contribution in [0.25, 0.3) is 0 Å². The quantitative estimate of drug-likeness (QED) is 0.781. The third kappa shape index (κ3) is 4.12. The predicted octanol–water partition coefficient (Wildman–Crippen LogP) is 1.86. The van der Waals surface area contributed by atoms with E-state index in [1.54, 1.807) is 6.20 Å². The molecule has 0 aliphatic heterocycles. The monoisotopic (exact) mass is 303 g/mol. The van der Waals surface area contributed by atoms with Crippen LogP contribution in [-0.4, -0.2) is 29.5 Å². The lowest BCUT2D eigenvalue weighted by Crippen LogP contribution is -2.23. The highest BCUT2D eigenvalue weighted by Crippen LogP contribution is 2.15. The molecule has 0 radical (unpaired) electrons. The lowest BCUT2D eigenvalue weighted by molar-refractivity contribution is 0.147. The molecule has 96 valence electrons. The van der Waals surface area contributed by atoms with Crippen molar-refractivity contribution in [3.63, 3.8) is 0 Å². The zero-order chi connectivity index (χ0) is 12.7. The summed E-state index contributed by atoms with van der Waals surface area (Å²) in [5.74, 6) is 0. The molecule has 1 aromatic heterocycles. The molecule has 1 aromatic rings. The number of hydrogen-bond acceptors (Lipinski definition) is 4. The summed E-state index contributed by atoms with van der Waals surface area (Å²) in [4.78, 5) is 11.7. The molecule has 5 nitrogen and oxygen atoms in total. The molecule has 0 aromatic carbocycles. The van der Waals surface area contributed by atoms with Crippen LogP contribution >= 0.6 is 15.9 Å². The molecule has 0 spiro atoms. The molecule has 17 heavy (non-hydrogen) atoms. The van der Waals surface area contributed by atoms with Crippen molar-refractivity contribution in [2.75, 3.05) is 25.1 Å². The van der Waals surface area contributed by atoms with Gasteiger partial charge < -0.3 is 10.1 Å². The fourth-order valence-corrected chi connectivity index (χ4v) is 1.80. The van der Waals surface area contributed by atoms with Crippen molar-refractivity contribution >= 4 is 21.6 Å². The average Bonchev–Trinajstić information content (AvgIpc) is 2.34. The lowest BCUT2D eigenvalue weighted by atomic mass is 10.4. The Bertz CT molecular complexity index is 406. The van der Waals surface area contributed by atoms with Gasteiger partial charge in [0.25, 0.3) is 5.56 Å². The maximum atomic E-state index is 11.7. The van der Waals surface area contributed by atoms with Gasteiger partial charge >= 0.3 is 0 Å². The molecule has 0 aliphatic rings. The minimum Gasteiger partial charge on any atom is -0.383 e. The van der Waals surface area contributed by atoms with Crippen molar-refractivity contribution in [1.82, 2.24) is 9.78 Å². The van der Waals surface area contributed by atoms with Crippen molar-refractivity contribution in [3.8, 4) is 0 Å². The first-order chi connectivity index (χ1) is 8.20. The Hall–Kier alpha value is -0.880. The zero-order valence-electron chi connectivity index (χ0n) is 10.2. The van der Waals surface area contributed by atoms with E-state index >= 15 is 0 Å². The van der Waals surface area contributed by atoms with E-state index < -0.39 is 0 Å². The van der Waals surface area contributed by atoms with Gasteiger partial charge in [-0.1, -0.05) is 0 Å². The highest BCUT2D eigenvalue weighted by Gasteiger charge is 2.06. The Morgan fingerprint density at radius 3 is 2.94 bits per heavy atom. The van der Waals surface area contributed by atoms with Gasteiger partial charge in [0.15, 0.2) is 0 Å². The summed E-state index contributed by atoms with van der Waals surface area (Å²) in [6, 6.07) is 0. The fraction of sp³-hybridized carbons (Fsp3) is 0.636. The Morgan fingerprint density at radius 1 is 1.53 bits per heavy atom. The Morgan fingerprint density at radius 2 is 2.29 bits per heavy atom. The molecule has 0 atom stereocenters. The van der Waals surface area contributed by atoms with Gasteiger partial charge in [0.2, 0.25) is 0 Å². The molecule has 0 amide bonds. The van der Waals surface area contributed by atoms with Crippen LogP contribution in [0.5, 0.6) is 0 Å². The van der Waals surface area contributed by atoms with Gasteiger partial charge in [0, 0.05) is 26.3 Å². The molecule has 0 bridgehead atoms. The minimum atomic E-state index is -0.109. The van der Waals surface area contributed by atoms with Crippen molar-refractivity contribution in [1.29, 1.82) is 0 Å². The van der Waals surface area contributed by atoms with Crippen molar-refractivity contribution < 1.29 is 4.74 Å². The summed E-state index contributed by atoms with van der Waals surface area (Å²) in [7, 11) is 0. The van der Waals surface area contributed by atoms with Gasteiger partial charge in [-0.2, -0.15) is 5.10 Å². The molecule has 0 aliphatic carbocycles. The van der Waals surface area contributed by atoms with Crippen LogP contribution in [0.15, 0.2) is 15.5 Å². The van der Waals surface area contributed by atoms with E-state index in [2.05, 4.69) is 26.3 Å². The lowest BCUT2D eigenvalue weighted by Gasteiger charge is -2.09. The second-order valence-corrected chi connectivity index (χ2v) is 4.26. The number of aromatic nitrogens is 2. The van der Waals surface area contributed by atoms with E-state index in [1.807, 2.05) is 13.8 Å². The smallest absolute Gasteiger partial charge is 0.283 e. The van der Waals surface area contributed by atoms with E-state index in [4.69, 9.17) is 4.74 Å². The van der Waals surface area contributed by atoms with E-state index in [1.165, 1.54) is 4.68 Å². The topological polar surface area (TPSA) is 56.1 Å². The summed E-state index contributed by atoms with van der Waals surface area (Å²) in [5, 5.41) is 7.21. The number of rotatable bonds is 7. The first-order valence-corrected chi connectivity index (χ1v) is 6.57. The second-order valence-electron chi connectivity index (χ2n) is 3.47. The Balaban J connectivity index is 2.55. The van der Waals surface area contributed by atoms with Crippen molar-refractivity contribution in [2.45, 2.75) is 26.8 Å². The fourth-order valence-electron chi connectivity index (χ4n) is 1.36. The van der Waals surface area contributed by atoms with Gasteiger partial charge in [0.05, 0.1) is 11.9 Å². The van der Waals surface area contributed by atoms with Crippen LogP contribution in [0.1, 0.15) is 20.3 Å². The van der Waals surface area contributed by atoms with Crippen LogP contribution in [0.4, 0.5) is 5.69 Å². The predicted molar refractivity (Wildman–Crippen MR) is 71.5 cm³/mol. The summed E-state index contributed by atoms with van der Waals surface area (Å²) in [6.45, 7) is 6.64. The SMILES string of the molecule is CCOCCCNc1cnn(CC)c(=O)c1Br. The van der Waals surface area contributed by atoms with Gasteiger partial charge in [-0.15, -0.1) is 0 Å². The molecule has 0 fully saturated rings. The van der Waals surface area contributed by atoms with Crippen LogP contribution in [0.3, 0.4) is 0 Å². The molecule has 0 saturated carbocycles. The standard InChI is InChI=1S/C11H18BrN3O2/c1-3-15-11(16)10(12)9(8-14-15)13-6-5-7-17-4-2/h8,13H,3-7H2,1-2H3. The van der Waals surface area contributed by atoms with Crippen molar-refractivity contribution in [2.24, 2.45) is 0 Å². The number of aryl methyl sites for hydroxylation is 1. The number of nitrogens with zero attached hydrogens (tertiary/aromatic N) is 2. The molecule has 1 heterocycles. The van der Waals surface area contributed by atoms with Gasteiger partial charge in [-0.3, -0.25) is 4.79 Å². The second kappa shape index (κ2) is 7.45. The first kappa shape index (κ1) is 14.2. The number of anilines is 1. The summed E-state index contributed by atoms with van der Waals surface area (Å²) < 4.78 is 7.17. The van der Waals surface area contributed by atoms with Gasteiger partial charge in [0.1, 0.15) is 4.47 Å². The van der Waals surface area contributed by atoms with Gasteiger partial charge in [-0.05, 0) is 36.2 Å². The highest BCUT2D eigenvalue weighted by atomic mass is 79.9. The summed E-state index contributed by atoms with van der Waals surface area (Å²) >= 11 is 3.29. The maximum Gasteiger partial charge on any atom is 0.283 e. The molecular formula is C11H18BrN3O2. The van der Waals surface area contributed by atoms with E-state index in [0.29, 0.717) is 11.0 Å². The molecule has 6 heteroatoms. The number of halogens is 1. The van der Waals surface area contributed by atoms with E-state index in [0.717, 1.165) is 31.9 Å². The largest absolute Gasteiger partial charge is 0.383 e. The number of hydrogen-bond donors (Lipinski definition) is 1. The van der Waals surface area contributed by atoms with Crippen molar-refractivity contribution in [3.05, 3.63) is 21.0 Å². The summed E-state index contributed by atoms with van der Waals surface area (Å²) in [5.41, 5.74) is 0.624. The van der Waals surface area contributed by atoms with E-state index in [-0.39, 0.29) is 5.56 Å². The van der Waals surface area contributed by atoms with Gasteiger partial charge in [-0.25, -0.2) is 4.68 Å². The average molecular weight is 304 g/mol. The molecular weight excluding hydrogens is 286 g/mol. The van der Waals surface area contributed by atoms with Crippen LogP contribution in [-0.2, 0) is 11.3 Å². The normalized spacial score (nSPS) is 10.5. The minimum absolute atomic E-state index is 0.109. The van der Waals surface area contributed by atoms with Crippen LogP contribution in [0.2, 0.25) is 0 Å². The number of nitrogens with one attached hydrogen (secondary N) is 1. The van der Waals surface area contributed by atoms with Crippen LogP contribution < -0.4 is 10.9 Å². The summed E-state index contributed by atoms with van der Waals surface area (Å²) in [6.07, 6.45) is 2.56. The molecule has 0 saturated heterocycles. The van der Waals surface area contributed by atoms with E-state index in [9.17, 15) is 4.79 Å². The third-order valence-corrected chi connectivity index (χ3v) is 3.04. The molecule has 1 rings (SSSR count). The highest BCUT2D eigenvalue weighted by molar-refractivity contribution is 9.10.